The highest BCUT2D eigenvalue weighted by Crippen LogP contribution is 2.35. The highest BCUT2D eigenvalue weighted by molar-refractivity contribution is 7.22. The van der Waals surface area contributed by atoms with E-state index in [1.807, 2.05) is 19.0 Å². The summed E-state index contributed by atoms with van der Waals surface area (Å²) >= 11 is 14.6. The van der Waals surface area contributed by atoms with Crippen LogP contribution in [0.4, 0.5) is 9.52 Å². The number of thiazole rings is 1. The highest BCUT2D eigenvalue weighted by Gasteiger charge is 2.24. The van der Waals surface area contributed by atoms with Gasteiger partial charge in [0.15, 0.2) is 5.13 Å². The molecule has 0 aliphatic heterocycles. The first-order chi connectivity index (χ1) is 12.3. The van der Waals surface area contributed by atoms with Gasteiger partial charge in [-0.05, 0) is 51.3 Å². The first-order valence-electron chi connectivity index (χ1n) is 7.82. The third-order valence-corrected chi connectivity index (χ3v) is 6.22. The van der Waals surface area contributed by atoms with Gasteiger partial charge in [-0.1, -0.05) is 34.5 Å². The van der Waals surface area contributed by atoms with Crippen molar-refractivity contribution in [3.8, 4) is 0 Å². The lowest BCUT2D eigenvalue weighted by Crippen LogP contribution is -2.33. The Morgan fingerprint density at radius 2 is 1.96 bits per heavy atom. The first-order valence-corrected chi connectivity index (χ1v) is 10.2. The van der Waals surface area contributed by atoms with Crippen molar-refractivity contribution in [3.05, 3.63) is 44.3 Å². The summed E-state index contributed by atoms with van der Waals surface area (Å²) in [5, 5.41) is 0.521. The molecule has 0 saturated carbocycles. The van der Waals surface area contributed by atoms with Crippen LogP contribution in [-0.2, 0) is 0 Å². The number of amides is 1. The molecule has 3 rings (SSSR count). The Morgan fingerprint density at radius 1 is 1.19 bits per heavy atom. The van der Waals surface area contributed by atoms with Gasteiger partial charge < -0.3 is 4.90 Å². The van der Waals surface area contributed by atoms with E-state index < -0.39 is 0 Å². The van der Waals surface area contributed by atoms with Gasteiger partial charge in [-0.25, -0.2) is 9.37 Å². The average molecular weight is 432 g/mol. The first kappa shape index (κ1) is 19.5. The van der Waals surface area contributed by atoms with Crippen LogP contribution in [0.1, 0.15) is 16.8 Å². The van der Waals surface area contributed by atoms with Gasteiger partial charge in [0.25, 0.3) is 5.91 Å². The van der Waals surface area contributed by atoms with Gasteiger partial charge in [0.05, 0.1) is 20.1 Å². The number of anilines is 1. The normalized spacial score (nSPS) is 11.5. The van der Waals surface area contributed by atoms with Crippen LogP contribution in [0.25, 0.3) is 10.2 Å². The minimum Gasteiger partial charge on any atom is -0.309 e. The van der Waals surface area contributed by atoms with Crippen LogP contribution >= 0.6 is 45.9 Å². The fourth-order valence-electron chi connectivity index (χ4n) is 2.46. The van der Waals surface area contributed by atoms with Crippen LogP contribution in [0, 0.1) is 5.82 Å². The van der Waals surface area contributed by atoms with Gasteiger partial charge in [-0.2, -0.15) is 0 Å². The van der Waals surface area contributed by atoms with Crippen molar-refractivity contribution >= 4 is 67.1 Å². The Bertz CT molecular complexity index is 941. The van der Waals surface area contributed by atoms with Crippen molar-refractivity contribution in [2.24, 2.45) is 0 Å². The summed E-state index contributed by atoms with van der Waals surface area (Å²) in [4.78, 5) is 21.2. The Kier molecular flexibility index (Phi) is 6.14. The van der Waals surface area contributed by atoms with Crippen molar-refractivity contribution in [1.29, 1.82) is 0 Å². The second kappa shape index (κ2) is 8.19. The van der Waals surface area contributed by atoms with Crippen LogP contribution < -0.4 is 4.90 Å². The maximum absolute atomic E-state index is 13.5. The Labute approximate surface area is 168 Å². The van der Waals surface area contributed by atoms with E-state index in [1.54, 1.807) is 17.0 Å². The summed E-state index contributed by atoms with van der Waals surface area (Å²) < 4.78 is 15.0. The molecule has 1 amide bonds. The van der Waals surface area contributed by atoms with E-state index in [0.717, 1.165) is 24.3 Å². The topological polar surface area (TPSA) is 36.4 Å². The summed E-state index contributed by atoms with van der Waals surface area (Å²) in [5.74, 6) is -0.581. The third-order valence-electron chi connectivity index (χ3n) is 3.69. The van der Waals surface area contributed by atoms with Gasteiger partial charge in [0.2, 0.25) is 0 Å². The maximum atomic E-state index is 13.5. The van der Waals surface area contributed by atoms with Gasteiger partial charge >= 0.3 is 0 Å². The number of fused-ring (bicyclic) bond motifs is 1. The van der Waals surface area contributed by atoms with Crippen molar-refractivity contribution in [2.45, 2.75) is 6.42 Å². The lowest BCUT2D eigenvalue weighted by Gasteiger charge is -2.20. The fraction of sp³-hybridized carbons (Fsp3) is 0.294. The number of rotatable bonds is 6. The van der Waals surface area contributed by atoms with E-state index in [1.165, 1.54) is 23.5 Å². The smallest absolute Gasteiger partial charge is 0.262 e. The number of hydrogen-bond acceptors (Lipinski definition) is 5. The van der Waals surface area contributed by atoms with E-state index >= 15 is 0 Å². The molecule has 4 nitrogen and oxygen atoms in total. The molecule has 0 atom stereocenters. The van der Waals surface area contributed by atoms with E-state index in [9.17, 15) is 9.18 Å². The summed E-state index contributed by atoms with van der Waals surface area (Å²) in [7, 11) is 3.95. The number of nitrogens with zero attached hydrogens (tertiary/aromatic N) is 3. The zero-order valence-corrected chi connectivity index (χ0v) is 17.3. The molecule has 0 bridgehead atoms. The molecule has 9 heteroatoms. The lowest BCUT2D eigenvalue weighted by atomic mass is 10.3. The van der Waals surface area contributed by atoms with E-state index in [-0.39, 0.29) is 11.7 Å². The molecule has 1 aromatic carbocycles. The number of hydrogen-bond donors (Lipinski definition) is 0. The molecular formula is C17H16Cl2FN3OS2. The van der Waals surface area contributed by atoms with Gasteiger partial charge in [0.1, 0.15) is 10.2 Å². The molecule has 0 unspecified atom stereocenters. The summed E-state index contributed by atoms with van der Waals surface area (Å²) in [5.41, 5.74) is 1.02. The molecule has 3 aromatic rings. The highest BCUT2D eigenvalue weighted by atomic mass is 35.5. The van der Waals surface area contributed by atoms with Crippen LogP contribution in [0.5, 0.6) is 0 Å². The van der Waals surface area contributed by atoms with E-state index in [2.05, 4.69) is 4.98 Å². The molecule has 0 spiro atoms. The number of aromatic nitrogens is 1. The molecular weight excluding hydrogens is 416 g/mol. The van der Waals surface area contributed by atoms with Gasteiger partial charge in [0, 0.05) is 6.54 Å². The van der Waals surface area contributed by atoms with Gasteiger partial charge in [-0.3, -0.25) is 9.69 Å². The lowest BCUT2D eigenvalue weighted by molar-refractivity contribution is 0.0986. The van der Waals surface area contributed by atoms with E-state index in [0.29, 0.717) is 36.1 Å². The molecule has 0 radical (unpaired) electrons. The molecule has 0 aliphatic carbocycles. The van der Waals surface area contributed by atoms with Crippen molar-refractivity contribution < 1.29 is 9.18 Å². The van der Waals surface area contributed by atoms with Crippen molar-refractivity contribution in [3.63, 3.8) is 0 Å². The largest absolute Gasteiger partial charge is 0.309 e. The van der Waals surface area contributed by atoms with Crippen LogP contribution in [-0.4, -0.2) is 43.0 Å². The van der Waals surface area contributed by atoms with Crippen LogP contribution in [0.15, 0.2) is 24.3 Å². The predicted octanol–water partition coefficient (Wildman–Crippen LogP) is 5.40. The zero-order chi connectivity index (χ0) is 18.8. The monoisotopic (exact) mass is 431 g/mol. The maximum Gasteiger partial charge on any atom is 0.262 e. The summed E-state index contributed by atoms with van der Waals surface area (Å²) in [6, 6.07) is 5.97. The van der Waals surface area contributed by atoms with Gasteiger partial charge in [-0.15, -0.1) is 11.3 Å². The fourth-order valence-corrected chi connectivity index (χ4v) is 4.93. The van der Waals surface area contributed by atoms with Crippen molar-refractivity contribution in [2.75, 3.05) is 32.1 Å². The molecule has 0 fully saturated rings. The van der Waals surface area contributed by atoms with Crippen LogP contribution in [0.2, 0.25) is 8.67 Å². The SMILES string of the molecule is CN(C)CCCN(C(=O)c1cc(Cl)sc1Cl)c1nc2ccc(F)cc2s1. The number of carbonyl (C=O) groups is 1. The Morgan fingerprint density at radius 3 is 2.62 bits per heavy atom. The van der Waals surface area contributed by atoms with Crippen LogP contribution in [0.3, 0.4) is 0 Å². The number of thiophene rings is 1. The zero-order valence-electron chi connectivity index (χ0n) is 14.1. The van der Waals surface area contributed by atoms with Crippen molar-refractivity contribution in [1.82, 2.24) is 9.88 Å². The second-order valence-corrected chi connectivity index (χ2v) is 9.25. The summed E-state index contributed by atoms with van der Waals surface area (Å²) in [6.45, 7) is 1.30. The molecule has 0 N–H and O–H groups in total. The quantitative estimate of drug-likeness (QED) is 0.523. The number of halogens is 3. The molecule has 2 aromatic heterocycles. The van der Waals surface area contributed by atoms with E-state index in [4.69, 9.17) is 23.2 Å². The standard InChI is InChI=1S/C17H16Cl2FN3OS2/c1-22(2)6-3-7-23(16(24)11-9-14(18)26-15(11)19)17-21-12-5-4-10(20)8-13(12)25-17/h4-5,8-9H,3,6-7H2,1-2H3. The Balaban J connectivity index is 1.95. The molecule has 0 aliphatic rings. The predicted molar refractivity (Wildman–Crippen MR) is 109 cm³/mol. The Hall–Kier alpha value is -1.25. The molecule has 138 valence electrons. The summed E-state index contributed by atoms with van der Waals surface area (Å²) in [6.07, 6.45) is 0.762. The average Bonchev–Trinajstić information content (AvgIpc) is 3.12. The minimum absolute atomic E-state index is 0.253. The molecule has 0 saturated heterocycles. The number of carbonyl (C=O) groups excluding carboxylic acids is 1. The third kappa shape index (κ3) is 4.35. The molecule has 26 heavy (non-hydrogen) atoms. The molecule has 2 heterocycles. The number of benzene rings is 1. The second-order valence-electron chi connectivity index (χ2n) is 5.96. The minimum atomic E-state index is -0.328.